The van der Waals surface area contributed by atoms with Crippen LogP contribution in [0.25, 0.3) is 21.2 Å². The van der Waals surface area contributed by atoms with Gasteiger partial charge in [0.2, 0.25) is 4.74 Å². The van der Waals surface area contributed by atoms with E-state index in [9.17, 15) is 4.79 Å². The Morgan fingerprint density at radius 3 is 2.56 bits per heavy atom. The van der Waals surface area contributed by atoms with Crippen molar-refractivity contribution in [2.45, 2.75) is 32.6 Å². The van der Waals surface area contributed by atoms with Crippen molar-refractivity contribution in [2.75, 3.05) is 6.79 Å². The summed E-state index contributed by atoms with van der Waals surface area (Å²) in [7, 11) is 0. The first-order valence-electron chi connectivity index (χ1n) is 8.62. The number of ether oxygens (including phenoxy) is 1. The maximum atomic E-state index is 12.5. The molecule has 1 aromatic heterocycles. The molecule has 0 spiro atoms. The van der Waals surface area contributed by atoms with Crippen molar-refractivity contribution in [3.8, 4) is 16.9 Å². The molecule has 3 aromatic rings. The molecule has 0 fully saturated rings. The van der Waals surface area contributed by atoms with Crippen LogP contribution in [0, 0.1) is 0 Å². The minimum atomic E-state index is -0.372. The quantitative estimate of drug-likeness (QED) is 0.480. The van der Waals surface area contributed by atoms with Crippen LogP contribution in [0.2, 0.25) is 0 Å². The van der Waals surface area contributed by atoms with Crippen LogP contribution in [-0.2, 0) is 6.42 Å². The van der Waals surface area contributed by atoms with E-state index in [-0.39, 0.29) is 11.5 Å². The molecule has 0 aliphatic heterocycles. The lowest BCUT2D eigenvalue weighted by atomic mass is 10.0. The van der Waals surface area contributed by atoms with Gasteiger partial charge in [-0.25, -0.2) is 0 Å². The Labute approximate surface area is 151 Å². The predicted molar refractivity (Wildman–Crippen MR) is 104 cm³/mol. The Bertz CT molecular complexity index is 897. The Balaban J connectivity index is 1.89. The molecule has 1 N–H and O–H groups in total. The normalized spacial score (nSPS) is 11.0. The summed E-state index contributed by atoms with van der Waals surface area (Å²) in [5, 5.41) is 9.85. The van der Waals surface area contributed by atoms with Gasteiger partial charge < -0.3 is 9.84 Å². The summed E-state index contributed by atoms with van der Waals surface area (Å²) in [5.41, 5.74) is 3.01. The lowest BCUT2D eigenvalue weighted by Crippen LogP contribution is -2.00. The number of aryl methyl sites for hydroxylation is 1. The van der Waals surface area contributed by atoms with Crippen molar-refractivity contribution in [3.05, 3.63) is 63.6 Å². The van der Waals surface area contributed by atoms with Crippen LogP contribution in [-0.4, -0.2) is 11.9 Å². The second-order valence-corrected chi connectivity index (χ2v) is 7.09. The lowest BCUT2D eigenvalue weighted by molar-refractivity contribution is 0.0987. The monoisotopic (exact) mass is 354 g/mol. The van der Waals surface area contributed by atoms with Gasteiger partial charge in [0, 0.05) is 10.3 Å². The van der Waals surface area contributed by atoms with Gasteiger partial charge >= 0.3 is 0 Å². The second kappa shape index (κ2) is 8.28. The summed E-state index contributed by atoms with van der Waals surface area (Å²) in [4.78, 5) is 12.5. The molecular formula is C21H22O3S. The summed E-state index contributed by atoms with van der Waals surface area (Å²) in [6.07, 6.45) is 4.77. The Hall–Kier alpha value is -2.17. The zero-order chi connectivity index (χ0) is 17.6. The number of benzene rings is 2. The molecule has 4 heteroatoms. The Kier molecular flexibility index (Phi) is 5.84. The Morgan fingerprint density at radius 2 is 1.84 bits per heavy atom. The number of hydrogen-bond donors (Lipinski definition) is 1. The highest BCUT2D eigenvalue weighted by atomic mass is 32.1. The summed E-state index contributed by atoms with van der Waals surface area (Å²) < 4.78 is 5.97. The number of fused-ring (bicyclic) bond motifs is 1. The summed E-state index contributed by atoms with van der Waals surface area (Å²) in [5.74, 6) is 0.565. The fraction of sp³-hybridized carbons (Fsp3) is 0.286. The van der Waals surface area contributed by atoms with Gasteiger partial charge in [0.25, 0.3) is 0 Å². The highest BCUT2D eigenvalue weighted by Crippen LogP contribution is 2.27. The highest BCUT2D eigenvalue weighted by Gasteiger charge is 2.07. The van der Waals surface area contributed by atoms with E-state index in [0.717, 1.165) is 27.6 Å². The largest absolute Gasteiger partial charge is 0.468 e. The first kappa shape index (κ1) is 17.6. The minimum absolute atomic E-state index is 0.0346. The molecule has 0 amide bonds. The molecule has 130 valence electrons. The smallest absolute Gasteiger partial charge is 0.240 e. The molecule has 0 saturated carbocycles. The van der Waals surface area contributed by atoms with E-state index >= 15 is 0 Å². The maximum Gasteiger partial charge on any atom is 0.240 e. The molecule has 3 nitrogen and oxygen atoms in total. The van der Waals surface area contributed by atoms with Gasteiger partial charge in [-0.15, -0.1) is 0 Å². The van der Waals surface area contributed by atoms with Gasteiger partial charge in [0.15, 0.2) is 6.79 Å². The van der Waals surface area contributed by atoms with Crippen molar-refractivity contribution in [2.24, 2.45) is 0 Å². The number of aliphatic hydroxyl groups excluding tert-OH is 1. The van der Waals surface area contributed by atoms with Crippen LogP contribution < -0.4 is 9.48 Å². The van der Waals surface area contributed by atoms with Gasteiger partial charge in [-0.2, -0.15) is 0 Å². The van der Waals surface area contributed by atoms with Gasteiger partial charge in [0.1, 0.15) is 5.75 Å². The van der Waals surface area contributed by atoms with Gasteiger partial charge in [-0.1, -0.05) is 55.4 Å². The fourth-order valence-electron chi connectivity index (χ4n) is 2.89. The number of hydrogen-bond acceptors (Lipinski definition) is 4. The number of unbranched alkanes of at least 4 members (excludes halogenated alkanes) is 2. The summed E-state index contributed by atoms with van der Waals surface area (Å²) >= 11 is 1.21. The second-order valence-electron chi connectivity index (χ2n) is 6.07. The van der Waals surface area contributed by atoms with Gasteiger partial charge in [-0.3, -0.25) is 4.79 Å². The zero-order valence-electron chi connectivity index (χ0n) is 14.3. The lowest BCUT2D eigenvalue weighted by Gasteiger charge is -2.07. The van der Waals surface area contributed by atoms with Crippen molar-refractivity contribution in [1.29, 1.82) is 0 Å². The minimum Gasteiger partial charge on any atom is -0.468 e. The van der Waals surface area contributed by atoms with Crippen molar-refractivity contribution >= 4 is 21.4 Å². The van der Waals surface area contributed by atoms with Crippen LogP contribution in [0.3, 0.4) is 0 Å². The molecule has 3 rings (SSSR count). The van der Waals surface area contributed by atoms with E-state index in [1.165, 1.54) is 36.2 Å². The maximum absolute atomic E-state index is 12.5. The molecule has 1 heterocycles. The van der Waals surface area contributed by atoms with Crippen molar-refractivity contribution < 1.29 is 9.84 Å². The fourth-order valence-corrected chi connectivity index (χ4v) is 3.79. The molecule has 0 bridgehead atoms. The highest BCUT2D eigenvalue weighted by molar-refractivity contribution is 7.16. The third-order valence-corrected chi connectivity index (χ3v) is 5.25. The summed E-state index contributed by atoms with van der Waals surface area (Å²) in [6.45, 7) is 1.84. The number of aliphatic hydroxyl groups is 1. The standard InChI is InChI=1S/C21H22O3S/c1-2-3-4-5-15-6-8-16(9-7-15)19-12-17-10-11-18(24-14-22)13-20(17)25-21(19)23/h6-13,22H,2-5,14H2,1H3. The SMILES string of the molecule is CCCCCc1ccc(-c2cc3ccc(OCO)cc3sc2=O)cc1. The number of rotatable bonds is 7. The Morgan fingerprint density at radius 1 is 1.04 bits per heavy atom. The van der Waals surface area contributed by atoms with Gasteiger partial charge in [0.05, 0.1) is 0 Å². The van der Waals surface area contributed by atoms with E-state index in [2.05, 4.69) is 19.1 Å². The molecule has 0 saturated heterocycles. The molecule has 0 aliphatic rings. The average Bonchev–Trinajstić information content (AvgIpc) is 2.62. The molecule has 0 unspecified atom stereocenters. The molecule has 0 aliphatic carbocycles. The van der Waals surface area contributed by atoms with E-state index in [1.807, 2.05) is 24.3 Å². The molecule has 0 atom stereocenters. The van der Waals surface area contributed by atoms with E-state index < -0.39 is 0 Å². The topological polar surface area (TPSA) is 46.5 Å². The van der Waals surface area contributed by atoms with Crippen LogP contribution in [0.4, 0.5) is 0 Å². The summed E-state index contributed by atoms with van der Waals surface area (Å²) in [6, 6.07) is 15.8. The third kappa shape index (κ3) is 4.27. The van der Waals surface area contributed by atoms with Crippen LogP contribution in [0.1, 0.15) is 31.7 Å². The van der Waals surface area contributed by atoms with Crippen molar-refractivity contribution in [3.63, 3.8) is 0 Å². The van der Waals surface area contributed by atoms with Crippen LogP contribution in [0.15, 0.2) is 53.3 Å². The first-order valence-corrected chi connectivity index (χ1v) is 9.44. The zero-order valence-corrected chi connectivity index (χ0v) is 15.1. The molecule has 2 aromatic carbocycles. The van der Waals surface area contributed by atoms with Gasteiger partial charge in [-0.05, 0) is 53.6 Å². The molecule has 25 heavy (non-hydrogen) atoms. The third-order valence-electron chi connectivity index (χ3n) is 4.27. The van der Waals surface area contributed by atoms with E-state index in [0.29, 0.717) is 5.75 Å². The predicted octanol–water partition coefficient (Wildman–Crippen LogP) is 4.99. The average molecular weight is 354 g/mol. The first-order chi connectivity index (χ1) is 12.2. The van der Waals surface area contributed by atoms with E-state index in [1.54, 1.807) is 12.1 Å². The molecule has 0 radical (unpaired) electrons. The van der Waals surface area contributed by atoms with E-state index in [4.69, 9.17) is 9.84 Å². The molecular weight excluding hydrogens is 332 g/mol. The van der Waals surface area contributed by atoms with Crippen LogP contribution >= 0.6 is 11.3 Å². The van der Waals surface area contributed by atoms with Crippen LogP contribution in [0.5, 0.6) is 5.75 Å². The van der Waals surface area contributed by atoms with Crippen molar-refractivity contribution in [1.82, 2.24) is 0 Å².